The number of halogens is 2. The number of aromatic amines is 1. The van der Waals surface area contributed by atoms with E-state index < -0.39 is 41.9 Å². The summed E-state index contributed by atoms with van der Waals surface area (Å²) in [5.74, 6) is 7.47. The van der Waals surface area contributed by atoms with Crippen LogP contribution in [0.3, 0.4) is 0 Å². The van der Waals surface area contributed by atoms with E-state index in [9.17, 15) is 54.0 Å². The molecule has 29 nitrogen and oxygen atoms in total. The summed E-state index contributed by atoms with van der Waals surface area (Å²) in [6.07, 6.45) is 10.8. The molecule has 0 amide bonds. The lowest BCUT2D eigenvalue weighted by molar-refractivity contribution is -0.278. The average Bonchev–Trinajstić information content (AvgIpc) is 1.57. The van der Waals surface area contributed by atoms with Crippen molar-refractivity contribution in [2.45, 2.75) is 295 Å². The number of nitrogens with one attached hydrogen (secondary N) is 1. The molecule has 14 fully saturated rings. The third-order valence-electron chi connectivity index (χ3n) is 34.0. The van der Waals surface area contributed by atoms with E-state index in [2.05, 4.69) is 123 Å². The number of aryl methyl sites for hydroxylation is 2. The van der Waals surface area contributed by atoms with Gasteiger partial charge in [0.25, 0.3) is 0 Å². The van der Waals surface area contributed by atoms with Crippen molar-refractivity contribution in [3.05, 3.63) is 129 Å². The van der Waals surface area contributed by atoms with Gasteiger partial charge in [0.2, 0.25) is 11.5 Å². The number of fused-ring (bicyclic) bond motifs is 16. The first-order valence-electron chi connectivity index (χ1n) is 52.3. The minimum Gasteiger partial charge on any atom is -0.508 e. The first kappa shape index (κ1) is 104. The fourth-order valence-corrected chi connectivity index (χ4v) is 29.2. The third kappa shape index (κ3) is 20.8. The molecule has 768 valence electrons. The van der Waals surface area contributed by atoms with Gasteiger partial charge in [0.05, 0.1) is 42.5 Å². The molecule has 10 saturated heterocycles. The van der Waals surface area contributed by atoms with Gasteiger partial charge in [0, 0.05) is 184 Å². The lowest BCUT2D eigenvalue weighted by atomic mass is 9.65. The van der Waals surface area contributed by atoms with E-state index in [1.807, 2.05) is 61.1 Å². The van der Waals surface area contributed by atoms with Crippen LogP contribution in [-0.4, -0.2) is 271 Å². The summed E-state index contributed by atoms with van der Waals surface area (Å²) in [6.45, 7) is 37.4. The van der Waals surface area contributed by atoms with Crippen molar-refractivity contribution in [3.8, 4) is 11.5 Å². The van der Waals surface area contributed by atoms with Crippen molar-refractivity contribution in [2.75, 3.05) is 99.1 Å². The molecule has 16 bridgehead atoms. The first-order chi connectivity index (χ1) is 67.8. The van der Waals surface area contributed by atoms with Crippen LogP contribution in [0.25, 0.3) is 43.6 Å². The van der Waals surface area contributed by atoms with Crippen LogP contribution in [-0.2, 0) is 87.5 Å². The maximum atomic E-state index is 13.4. The standard InChI is InChI=1S/C30H40N2O9.C23H30N2O2.C22H28N2O3.C20H26N2.C12H19BrO5.C3H5ClO2/c1-4-17-10-16-11-21-24(17)31(13-16)9-8-19-20-12-18(6-7-22(20)32(25(19)21)30(37)38-5-2)40-29-28(36)27(35)26(34)23(41-29)14-39-15(3)33;1-4-16-11-15-12-19-21(16)24(13-15)9-8-17-18-10-14(3)6-7-20(18)25(22(17)19)23(26)27-5-2;1-3-14-9-13-10-18-20(14)23(12-13)8-7-16-17-11-15(25)5-6-19(17)24(21(16)18)22(26)27-4-2;1-3-14-9-13-10-17-19-15(6-7-22(11-13)20(14)17)16-8-12(2)4-5-18(16)21-19;1-6-7(2)11(17-9(4)15)12(13)18-10(6)5-16-8(3)14;1-6-2-3(4)5/h6-7,12,16-17,21,23-24,26-29,34-36H,4-5,8-11,13-14H2,1-3H3;6-7,10,15-16,19,21H,4-5,8-9,11-13H2,1-3H3;5-6,11,13-14,18,20,25H,3-4,7-10,12H2,1-2H3;4-5,8,13-14,17,20-21H,3,6-7,9-11H2,1-2H3;6-7,10-12H,5H2,1-4H3;2H2,1H3/t16-,17-,21+,23+,24?,26+,27-,28+,29?;15-,16-,19+,21?;13-,14-,18+,20?;13-,14-,17-,20?;6-,7-,10+,11+,12+;/m00000./s1. The number of phenols is 1. The van der Waals surface area contributed by atoms with E-state index in [4.69, 9.17) is 54.2 Å². The highest BCUT2D eigenvalue weighted by Gasteiger charge is 2.56. The molecule has 4 aromatic carbocycles. The number of methoxy groups -OCH3 is 1. The highest BCUT2D eigenvalue weighted by molar-refractivity contribution is 9.09. The number of benzene rings is 4. The number of hydrogen-bond donors (Lipinski definition) is 5. The van der Waals surface area contributed by atoms with Gasteiger partial charge in [-0.25, -0.2) is 28.1 Å². The molecule has 18 aliphatic rings. The monoisotopic (exact) mass is 2030 g/mol. The Kier molecular flexibility index (Phi) is 32.7. The summed E-state index contributed by atoms with van der Waals surface area (Å²) in [7, 11) is 1.42. The Hall–Kier alpha value is -8.50. The Bertz CT molecular complexity index is 5720. The van der Waals surface area contributed by atoms with E-state index in [0.29, 0.717) is 66.7 Å². The van der Waals surface area contributed by atoms with Gasteiger partial charge in [0.15, 0.2) is 0 Å². The second-order valence-electron chi connectivity index (χ2n) is 42.4. The third-order valence-corrected chi connectivity index (χ3v) is 34.9. The average molecular weight is 2030 g/mol. The molecule has 0 radical (unpaired) electrons. The Morgan fingerprint density at radius 1 is 0.461 bits per heavy atom. The van der Waals surface area contributed by atoms with Crippen LogP contribution in [0.4, 0.5) is 14.4 Å². The number of aliphatic hydroxyl groups excluding tert-OH is 3. The van der Waals surface area contributed by atoms with Crippen LogP contribution in [0.5, 0.6) is 11.5 Å². The van der Waals surface area contributed by atoms with Crippen LogP contribution in [0.1, 0.15) is 240 Å². The molecule has 31 heteroatoms. The quantitative estimate of drug-likeness (QED) is 0.0260. The molecule has 141 heavy (non-hydrogen) atoms. The van der Waals surface area contributed by atoms with Crippen molar-refractivity contribution >= 4 is 113 Å². The highest BCUT2D eigenvalue weighted by atomic mass is 79.9. The van der Waals surface area contributed by atoms with E-state index in [1.165, 1.54) is 163 Å². The minimum absolute atomic E-state index is 0.00154. The molecule has 8 aromatic rings. The van der Waals surface area contributed by atoms with E-state index in [-0.39, 0.29) is 97.4 Å². The lowest BCUT2D eigenvalue weighted by Gasteiger charge is -2.53. The van der Waals surface area contributed by atoms with Crippen LogP contribution >= 0.6 is 27.5 Å². The smallest absolute Gasteiger partial charge is 0.418 e. The summed E-state index contributed by atoms with van der Waals surface area (Å²) in [5.41, 5.74) is 17.1. The molecule has 30 atom stereocenters. The molecule has 4 aliphatic carbocycles. The number of aromatic hydroxyl groups is 1. The summed E-state index contributed by atoms with van der Waals surface area (Å²) >= 11 is 8.17. The molecule has 14 aliphatic heterocycles. The predicted molar refractivity (Wildman–Crippen MR) is 541 cm³/mol. The van der Waals surface area contributed by atoms with E-state index >= 15 is 0 Å². The van der Waals surface area contributed by atoms with Gasteiger partial charge in [0.1, 0.15) is 66.9 Å². The van der Waals surface area contributed by atoms with Crippen LogP contribution < -0.4 is 4.74 Å². The van der Waals surface area contributed by atoms with Gasteiger partial charge in [-0.1, -0.05) is 106 Å². The van der Waals surface area contributed by atoms with Crippen molar-refractivity contribution < 1.29 is 101 Å². The molecule has 4 aromatic heterocycles. The van der Waals surface area contributed by atoms with Gasteiger partial charge in [-0.3, -0.25) is 38.8 Å². The topological polar surface area (TPSA) is 336 Å². The summed E-state index contributed by atoms with van der Waals surface area (Å²) in [6, 6.07) is 26.4. The number of ether oxygens (including phenoxy) is 10. The van der Waals surface area contributed by atoms with Gasteiger partial charge < -0.3 is 72.8 Å². The van der Waals surface area contributed by atoms with Crippen molar-refractivity contribution in [3.63, 3.8) is 0 Å². The number of nitrogens with zero attached hydrogens (tertiary/aromatic N) is 7. The van der Waals surface area contributed by atoms with Crippen LogP contribution in [0.15, 0.2) is 72.8 Å². The predicted octanol–water partition coefficient (Wildman–Crippen LogP) is 17.5. The SMILES string of the molecule is CC(=O)OC[C@H]1O[C@@H](Br)[C@H](OC(C)=O)[C@@H](C)[C@@H]1C.CCOC(=O)n1c2c(c3cc(C)ccc31)CCN1C[C@H]3C[C@H](CC)C1[C@H]2C3.CCOC(=O)n1c2c(c3cc(O)ccc31)CCN1C[C@H]3C[C@H](CC)C1[C@H]2C3.CCOC(=O)n1c2c(c3cc(OC4O[C@H](COC(C)=O)[C@@H](O)[C@H](O)[C@H]4O)ccc31)CCN1C[C@H]3C[C@H](CC)C1[C@H]2C3.CC[C@H]1C[C@H]2C[C@H]3c4[nH]c5ccc(C)cc5c4CCN(C2)C13.COCC(=O)Cl. The second-order valence-corrected chi connectivity index (χ2v) is 43.7. The van der Waals surface area contributed by atoms with Gasteiger partial charge in [-0.2, -0.15) is 0 Å². The second kappa shape index (κ2) is 44.4. The highest BCUT2D eigenvalue weighted by Crippen LogP contribution is 2.58. The number of carbonyl (C=O) groups excluding carboxylic acids is 7. The molecule has 26 rings (SSSR count). The molecular weight excluding hydrogens is 1880 g/mol. The number of piperidine rings is 8. The Balaban J connectivity index is 0.000000123. The molecule has 0 spiro atoms. The Labute approximate surface area is 841 Å². The number of hydrogen-bond acceptors (Lipinski definition) is 25. The minimum atomic E-state index is -1.56. The normalized spacial score (nSPS) is 33.2. The summed E-state index contributed by atoms with van der Waals surface area (Å²) < 4.78 is 59.0. The van der Waals surface area contributed by atoms with Gasteiger partial charge >= 0.3 is 36.2 Å². The zero-order chi connectivity index (χ0) is 100. The number of rotatable bonds is 16. The van der Waals surface area contributed by atoms with E-state index in [0.717, 1.165) is 151 Å². The number of esters is 3. The zero-order valence-electron chi connectivity index (χ0n) is 84.8. The van der Waals surface area contributed by atoms with Crippen LogP contribution in [0.2, 0.25) is 0 Å². The number of phenolic OH excluding ortho intramolecular Hbond substituents is 1. The maximum Gasteiger partial charge on any atom is 0.418 e. The Morgan fingerprint density at radius 2 is 0.865 bits per heavy atom. The number of alkyl halides is 1. The van der Waals surface area contributed by atoms with Crippen molar-refractivity contribution in [1.29, 1.82) is 0 Å². The number of aliphatic hydroxyl groups is 3. The van der Waals surface area contributed by atoms with Crippen LogP contribution in [0, 0.1) is 73.0 Å². The zero-order valence-corrected chi connectivity index (χ0v) is 87.1. The fraction of sp³-hybridized carbons (Fsp3) is 0.645. The van der Waals surface area contributed by atoms with E-state index in [1.54, 1.807) is 34.9 Å². The van der Waals surface area contributed by atoms with Crippen molar-refractivity contribution in [2.24, 2.45) is 59.2 Å². The maximum absolute atomic E-state index is 13.4. The Morgan fingerprint density at radius 3 is 1.29 bits per heavy atom. The fourth-order valence-electron chi connectivity index (χ4n) is 28.3. The number of H-pyrrole nitrogens is 1. The first-order valence-corrected chi connectivity index (χ1v) is 53.6. The molecule has 9 unspecified atom stereocenters. The number of aromatic nitrogens is 4. The molecule has 4 saturated carbocycles. The van der Waals surface area contributed by atoms with Crippen molar-refractivity contribution in [1.82, 2.24) is 38.3 Å². The number of carbonyl (C=O) groups is 7. The van der Waals surface area contributed by atoms with Gasteiger partial charge in [-0.05, 0) is 259 Å². The largest absolute Gasteiger partial charge is 0.508 e. The summed E-state index contributed by atoms with van der Waals surface area (Å²) in [5, 5.41) is 45.3. The molecule has 18 heterocycles. The molecular formula is C110H148BrClN8O21. The van der Waals surface area contributed by atoms with Gasteiger partial charge in [-0.15, -0.1) is 0 Å². The molecule has 5 N–H and O–H groups in total. The summed E-state index contributed by atoms with van der Waals surface area (Å²) in [4.78, 5) is 97.0. The lowest BCUT2D eigenvalue weighted by Crippen LogP contribution is -2.60.